The highest BCUT2D eigenvalue weighted by molar-refractivity contribution is 6.05. The van der Waals surface area contributed by atoms with Gasteiger partial charge in [-0.2, -0.15) is 0 Å². The topological polar surface area (TPSA) is 96.9 Å². The summed E-state index contributed by atoms with van der Waals surface area (Å²) >= 11 is 0. The van der Waals surface area contributed by atoms with E-state index in [2.05, 4.69) is 10.6 Å². The Morgan fingerprint density at radius 2 is 1.62 bits per heavy atom. The van der Waals surface area contributed by atoms with Crippen molar-refractivity contribution in [1.29, 1.82) is 0 Å². The van der Waals surface area contributed by atoms with Crippen molar-refractivity contribution in [3.63, 3.8) is 0 Å². The molecule has 1 fully saturated rings. The Hall–Kier alpha value is -4.17. The van der Waals surface area contributed by atoms with Gasteiger partial charge in [0.2, 0.25) is 0 Å². The molecule has 0 aliphatic heterocycles. The summed E-state index contributed by atoms with van der Waals surface area (Å²) in [6.07, 6.45) is 4.59. The maximum Gasteiger partial charge on any atom is 0.267 e. The molecule has 7 nitrogen and oxygen atoms in total. The minimum atomic E-state index is -0.513. The van der Waals surface area contributed by atoms with E-state index in [1.807, 2.05) is 12.1 Å². The molecule has 8 heteroatoms. The molecule has 0 unspecified atom stereocenters. The first-order valence-electron chi connectivity index (χ1n) is 12.2. The Morgan fingerprint density at radius 3 is 2.27 bits per heavy atom. The molecule has 37 heavy (non-hydrogen) atoms. The Balaban J connectivity index is 1.37. The van der Waals surface area contributed by atoms with Gasteiger partial charge in [-0.25, -0.2) is 4.39 Å². The number of carbonyl (C=O) groups is 2. The molecule has 0 heterocycles. The van der Waals surface area contributed by atoms with Crippen molar-refractivity contribution in [2.75, 3.05) is 19.8 Å². The van der Waals surface area contributed by atoms with Crippen LogP contribution >= 0.6 is 0 Å². The first-order valence-corrected chi connectivity index (χ1v) is 12.2. The largest absolute Gasteiger partial charge is 0.493 e. The number of carbonyl (C=O) groups excluding carboxylic acids is 2. The summed E-state index contributed by atoms with van der Waals surface area (Å²) in [7, 11) is 0. The number of ether oxygens (including phenoxy) is 2. The van der Waals surface area contributed by atoms with E-state index in [0.717, 1.165) is 24.2 Å². The highest BCUT2D eigenvalue weighted by Crippen LogP contribution is 2.27. The summed E-state index contributed by atoms with van der Waals surface area (Å²) in [5.74, 6) is 0.0933. The zero-order valence-electron chi connectivity index (χ0n) is 20.3. The number of halogens is 1. The van der Waals surface area contributed by atoms with Gasteiger partial charge in [0, 0.05) is 18.5 Å². The van der Waals surface area contributed by atoms with Crippen molar-refractivity contribution in [2.24, 2.45) is 0 Å². The predicted molar refractivity (Wildman–Crippen MR) is 138 cm³/mol. The van der Waals surface area contributed by atoms with Crippen LogP contribution in [0.15, 0.2) is 78.5 Å². The number of rotatable bonds is 12. The molecule has 3 N–H and O–H groups in total. The normalized spacial score (nSPS) is 13.1. The zero-order chi connectivity index (χ0) is 26.0. The van der Waals surface area contributed by atoms with Crippen molar-refractivity contribution in [1.82, 2.24) is 10.6 Å². The molecule has 1 aliphatic rings. The first kappa shape index (κ1) is 25.9. The van der Waals surface area contributed by atoms with Crippen molar-refractivity contribution in [3.8, 4) is 11.5 Å². The minimum Gasteiger partial charge on any atom is -0.493 e. The average Bonchev–Trinajstić information content (AvgIpc) is 3.73. The van der Waals surface area contributed by atoms with Crippen LogP contribution in [0.3, 0.4) is 0 Å². The molecule has 1 aliphatic carbocycles. The Morgan fingerprint density at radius 1 is 0.946 bits per heavy atom. The maximum absolute atomic E-state index is 13.0. The van der Waals surface area contributed by atoms with Gasteiger partial charge in [0.25, 0.3) is 11.8 Å². The van der Waals surface area contributed by atoms with Crippen LogP contribution in [-0.4, -0.2) is 42.8 Å². The van der Waals surface area contributed by atoms with E-state index in [1.54, 1.807) is 54.6 Å². The second-order valence-electron chi connectivity index (χ2n) is 8.63. The fraction of sp³-hybridized carbons (Fsp3) is 0.241. The summed E-state index contributed by atoms with van der Waals surface area (Å²) in [6.45, 7) is 0.243. The lowest BCUT2D eigenvalue weighted by Crippen LogP contribution is -2.36. The lowest BCUT2D eigenvalue weighted by Gasteiger charge is -2.12. The smallest absolute Gasteiger partial charge is 0.267 e. The monoisotopic (exact) mass is 504 g/mol. The Labute approximate surface area is 214 Å². The van der Waals surface area contributed by atoms with Crippen LogP contribution < -0.4 is 20.1 Å². The second kappa shape index (κ2) is 12.7. The standard InChI is InChI=1S/C29H29FN2O5/c30-23-7-1-20(2-8-23)15-18-36-24-11-5-22(6-12-24)28(34)32-27(29(35)31-16-17-33)19-21-3-9-25(10-4-21)37-26-13-14-26/h1-12,19,26,33H,13-18H2,(H,31,35)(H,32,34)/b27-19-. The number of aliphatic hydroxyl groups is 1. The number of hydrogen-bond acceptors (Lipinski definition) is 5. The third-order valence-corrected chi connectivity index (χ3v) is 5.60. The van der Waals surface area contributed by atoms with Crippen molar-refractivity contribution < 1.29 is 28.6 Å². The molecule has 3 aromatic carbocycles. The van der Waals surface area contributed by atoms with E-state index >= 15 is 0 Å². The number of nitrogens with one attached hydrogen (secondary N) is 2. The minimum absolute atomic E-state index is 0.0499. The third kappa shape index (κ3) is 8.18. The molecule has 0 atom stereocenters. The van der Waals surface area contributed by atoms with E-state index in [1.165, 1.54) is 12.1 Å². The van der Waals surface area contributed by atoms with E-state index in [4.69, 9.17) is 14.6 Å². The van der Waals surface area contributed by atoms with Gasteiger partial charge in [-0.15, -0.1) is 0 Å². The van der Waals surface area contributed by atoms with Gasteiger partial charge in [-0.3, -0.25) is 9.59 Å². The first-order chi connectivity index (χ1) is 18.0. The fourth-order valence-corrected chi connectivity index (χ4v) is 3.45. The van der Waals surface area contributed by atoms with Gasteiger partial charge in [0.1, 0.15) is 23.0 Å². The molecule has 4 rings (SSSR count). The van der Waals surface area contributed by atoms with E-state index < -0.39 is 11.8 Å². The molecular weight excluding hydrogens is 475 g/mol. The Kier molecular flexibility index (Phi) is 8.89. The molecule has 0 saturated heterocycles. The van der Waals surface area contributed by atoms with Gasteiger partial charge in [-0.05, 0) is 78.6 Å². The van der Waals surface area contributed by atoms with E-state index in [9.17, 15) is 14.0 Å². The third-order valence-electron chi connectivity index (χ3n) is 5.60. The summed E-state index contributed by atoms with van der Waals surface area (Å²) in [5.41, 5.74) is 2.07. The molecule has 0 radical (unpaired) electrons. The fourth-order valence-electron chi connectivity index (χ4n) is 3.45. The van der Waals surface area contributed by atoms with Crippen LogP contribution in [0.2, 0.25) is 0 Å². The van der Waals surface area contributed by atoms with Crippen LogP contribution in [0.5, 0.6) is 11.5 Å². The van der Waals surface area contributed by atoms with Crippen LogP contribution in [0, 0.1) is 5.82 Å². The van der Waals surface area contributed by atoms with Crippen molar-refractivity contribution in [2.45, 2.75) is 25.4 Å². The zero-order valence-corrected chi connectivity index (χ0v) is 20.3. The molecule has 3 aromatic rings. The number of aliphatic hydroxyl groups excluding tert-OH is 1. The molecule has 192 valence electrons. The van der Waals surface area contributed by atoms with Crippen LogP contribution in [0.1, 0.15) is 34.3 Å². The maximum atomic E-state index is 13.0. The second-order valence-corrected chi connectivity index (χ2v) is 8.63. The average molecular weight is 505 g/mol. The molecule has 0 aromatic heterocycles. The van der Waals surface area contributed by atoms with Gasteiger partial charge < -0.3 is 25.2 Å². The van der Waals surface area contributed by atoms with Gasteiger partial charge in [-0.1, -0.05) is 24.3 Å². The van der Waals surface area contributed by atoms with E-state index in [0.29, 0.717) is 29.9 Å². The summed E-state index contributed by atoms with van der Waals surface area (Å²) in [6, 6.07) is 20.1. The number of hydrogen-bond donors (Lipinski definition) is 3. The summed E-state index contributed by atoms with van der Waals surface area (Å²) in [5, 5.41) is 14.3. The molecule has 2 amide bonds. The van der Waals surface area contributed by atoms with Crippen LogP contribution in [-0.2, 0) is 11.2 Å². The summed E-state index contributed by atoms with van der Waals surface area (Å²) in [4.78, 5) is 25.5. The quantitative estimate of drug-likeness (QED) is 0.326. The summed E-state index contributed by atoms with van der Waals surface area (Å²) < 4.78 is 24.5. The van der Waals surface area contributed by atoms with Crippen LogP contribution in [0.4, 0.5) is 4.39 Å². The van der Waals surface area contributed by atoms with Crippen LogP contribution in [0.25, 0.3) is 6.08 Å². The number of amides is 2. The highest BCUT2D eigenvalue weighted by atomic mass is 19.1. The van der Waals surface area contributed by atoms with Crippen molar-refractivity contribution in [3.05, 3.63) is 101 Å². The molecule has 1 saturated carbocycles. The predicted octanol–water partition coefficient (Wildman–Crippen LogP) is 3.87. The van der Waals surface area contributed by atoms with Gasteiger partial charge in [0.15, 0.2) is 0 Å². The molecule has 0 bridgehead atoms. The van der Waals surface area contributed by atoms with Gasteiger partial charge in [0.05, 0.1) is 19.3 Å². The molecule has 0 spiro atoms. The lowest BCUT2D eigenvalue weighted by atomic mass is 10.1. The molecular formula is C29H29FN2O5. The van der Waals surface area contributed by atoms with E-state index in [-0.39, 0.29) is 30.8 Å². The Bertz CT molecular complexity index is 1220. The SMILES string of the molecule is O=C(NCCO)/C(=C/c1ccc(OC2CC2)cc1)NC(=O)c1ccc(OCCc2ccc(F)cc2)cc1. The van der Waals surface area contributed by atoms with Crippen molar-refractivity contribution >= 4 is 17.9 Å². The van der Waals surface area contributed by atoms with Gasteiger partial charge >= 0.3 is 0 Å². The lowest BCUT2D eigenvalue weighted by molar-refractivity contribution is -0.117. The highest BCUT2D eigenvalue weighted by Gasteiger charge is 2.23. The number of benzene rings is 3.